The van der Waals surface area contributed by atoms with Gasteiger partial charge < -0.3 is 20.4 Å². The fraction of sp³-hybridized carbons (Fsp3) is 0.478. The fourth-order valence-electron chi connectivity index (χ4n) is 3.87. The van der Waals surface area contributed by atoms with E-state index in [0.717, 1.165) is 22.4 Å². The molecule has 7 heteroatoms. The Balaban J connectivity index is 1.63. The zero-order valence-electron chi connectivity index (χ0n) is 17.8. The molecular weight excluding hydrogens is 385 g/mol. The Kier molecular flexibility index (Phi) is 6.73. The SMILES string of the molecule is Cc1ccc(NC(=O)N2CCC(F)(c3ncc(C[C@H](O)CO)cc3C)CC2)cc1C. The van der Waals surface area contributed by atoms with E-state index in [1.165, 1.54) is 0 Å². The summed E-state index contributed by atoms with van der Waals surface area (Å²) < 4.78 is 15.7. The van der Waals surface area contributed by atoms with Crippen molar-refractivity contribution >= 4 is 11.7 Å². The molecule has 1 atom stereocenters. The first-order chi connectivity index (χ1) is 14.2. The van der Waals surface area contributed by atoms with Crippen LogP contribution in [0.3, 0.4) is 0 Å². The van der Waals surface area contributed by atoms with E-state index in [1.807, 2.05) is 32.0 Å². The van der Waals surface area contributed by atoms with Crippen LogP contribution in [0.5, 0.6) is 0 Å². The molecule has 0 aliphatic carbocycles. The topological polar surface area (TPSA) is 85.7 Å². The van der Waals surface area contributed by atoms with E-state index < -0.39 is 11.8 Å². The van der Waals surface area contributed by atoms with Crippen molar-refractivity contribution in [3.8, 4) is 0 Å². The second kappa shape index (κ2) is 9.10. The number of carbonyl (C=O) groups excluding carboxylic acids is 1. The largest absolute Gasteiger partial charge is 0.394 e. The first-order valence-electron chi connectivity index (χ1n) is 10.3. The van der Waals surface area contributed by atoms with Crippen molar-refractivity contribution in [2.45, 2.75) is 51.8 Å². The van der Waals surface area contributed by atoms with Gasteiger partial charge in [0.2, 0.25) is 0 Å². The summed E-state index contributed by atoms with van der Waals surface area (Å²) in [5.41, 5.74) is 3.27. The number of halogens is 1. The molecule has 2 heterocycles. The van der Waals surface area contributed by atoms with E-state index in [-0.39, 0.29) is 31.9 Å². The number of likely N-dealkylation sites (tertiary alicyclic amines) is 1. The number of amides is 2. The number of carbonyl (C=O) groups is 1. The Bertz CT molecular complexity index is 911. The van der Waals surface area contributed by atoms with Crippen LogP contribution >= 0.6 is 0 Å². The van der Waals surface area contributed by atoms with Crippen LogP contribution in [-0.2, 0) is 12.1 Å². The number of anilines is 1. The van der Waals surface area contributed by atoms with Crippen molar-refractivity contribution in [2.24, 2.45) is 0 Å². The van der Waals surface area contributed by atoms with Crippen LogP contribution in [-0.4, -0.2) is 51.9 Å². The van der Waals surface area contributed by atoms with Gasteiger partial charge in [0.15, 0.2) is 5.67 Å². The average molecular weight is 416 g/mol. The van der Waals surface area contributed by atoms with Crippen molar-refractivity contribution < 1.29 is 19.4 Å². The number of aliphatic hydroxyl groups excluding tert-OH is 2. The molecule has 1 aromatic heterocycles. The lowest BCUT2D eigenvalue weighted by Crippen LogP contribution is -2.45. The zero-order chi connectivity index (χ0) is 21.9. The lowest BCUT2D eigenvalue weighted by Gasteiger charge is -2.36. The summed E-state index contributed by atoms with van der Waals surface area (Å²) in [7, 11) is 0. The normalized spacial score (nSPS) is 16.9. The summed E-state index contributed by atoms with van der Waals surface area (Å²) in [5, 5.41) is 21.5. The Morgan fingerprint density at radius 3 is 2.50 bits per heavy atom. The first kappa shape index (κ1) is 22.2. The van der Waals surface area contributed by atoms with Gasteiger partial charge in [-0.1, -0.05) is 12.1 Å². The molecule has 0 radical (unpaired) electrons. The third-order valence-electron chi connectivity index (χ3n) is 5.84. The number of aliphatic hydroxyl groups is 2. The van der Waals surface area contributed by atoms with Gasteiger partial charge in [0.1, 0.15) is 0 Å². The van der Waals surface area contributed by atoms with Crippen molar-refractivity contribution in [1.82, 2.24) is 9.88 Å². The summed E-state index contributed by atoms with van der Waals surface area (Å²) in [4.78, 5) is 18.5. The third-order valence-corrected chi connectivity index (χ3v) is 5.84. The highest BCUT2D eigenvalue weighted by atomic mass is 19.1. The molecule has 0 spiro atoms. The van der Waals surface area contributed by atoms with Crippen molar-refractivity contribution in [3.63, 3.8) is 0 Å². The number of benzene rings is 1. The molecule has 2 amide bonds. The maximum Gasteiger partial charge on any atom is 0.321 e. The second-order valence-electron chi connectivity index (χ2n) is 8.23. The van der Waals surface area contributed by atoms with Crippen LogP contribution in [0.1, 0.15) is 40.8 Å². The molecule has 6 nitrogen and oxygen atoms in total. The number of rotatable bonds is 5. The molecule has 30 heavy (non-hydrogen) atoms. The van der Waals surface area contributed by atoms with Crippen molar-refractivity contribution in [2.75, 3.05) is 25.0 Å². The molecule has 0 bridgehead atoms. The van der Waals surface area contributed by atoms with Crippen LogP contribution < -0.4 is 5.32 Å². The van der Waals surface area contributed by atoms with Gasteiger partial charge in [-0.3, -0.25) is 4.98 Å². The molecule has 1 aliphatic rings. The minimum atomic E-state index is -1.59. The quantitative estimate of drug-likeness (QED) is 0.699. The Hall–Kier alpha value is -2.51. The van der Waals surface area contributed by atoms with Gasteiger partial charge in [-0.15, -0.1) is 0 Å². The van der Waals surface area contributed by atoms with E-state index in [0.29, 0.717) is 24.3 Å². The fourth-order valence-corrected chi connectivity index (χ4v) is 3.87. The van der Waals surface area contributed by atoms with Crippen LogP contribution in [0.25, 0.3) is 0 Å². The molecule has 3 N–H and O–H groups in total. The van der Waals surface area contributed by atoms with Gasteiger partial charge in [0.05, 0.1) is 18.4 Å². The molecule has 0 saturated carbocycles. The maximum absolute atomic E-state index is 15.7. The van der Waals surface area contributed by atoms with Crippen LogP contribution in [0.4, 0.5) is 14.9 Å². The highest BCUT2D eigenvalue weighted by Crippen LogP contribution is 2.37. The zero-order valence-corrected chi connectivity index (χ0v) is 17.8. The predicted molar refractivity (Wildman–Crippen MR) is 114 cm³/mol. The van der Waals surface area contributed by atoms with Gasteiger partial charge in [-0.25, -0.2) is 9.18 Å². The Labute approximate surface area is 176 Å². The molecule has 3 rings (SSSR count). The Morgan fingerprint density at radius 2 is 1.90 bits per heavy atom. The average Bonchev–Trinajstić information content (AvgIpc) is 2.71. The van der Waals surface area contributed by atoms with Crippen LogP contribution in [0, 0.1) is 20.8 Å². The maximum atomic E-state index is 15.7. The van der Waals surface area contributed by atoms with Crippen LogP contribution in [0.2, 0.25) is 0 Å². The molecule has 0 unspecified atom stereocenters. The van der Waals surface area contributed by atoms with Gasteiger partial charge in [-0.05, 0) is 55.2 Å². The molecule has 162 valence electrons. The number of nitrogens with one attached hydrogen (secondary N) is 1. The molecule has 1 fully saturated rings. The van der Waals surface area contributed by atoms with Gasteiger partial charge >= 0.3 is 6.03 Å². The standard InChI is InChI=1S/C23H30FN3O3/c1-15-4-5-19(11-16(15)2)26-22(30)27-8-6-23(24,7-9-27)21-17(3)10-18(13-25-21)12-20(29)14-28/h4-5,10-11,13,20,28-29H,6-9,12,14H2,1-3H3,(H,26,30)/t20-/m0/s1. The number of piperidine rings is 1. The highest BCUT2D eigenvalue weighted by Gasteiger charge is 2.39. The summed E-state index contributed by atoms with van der Waals surface area (Å²) >= 11 is 0. The lowest BCUT2D eigenvalue weighted by atomic mass is 9.87. The van der Waals surface area contributed by atoms with E-state index >= 15 is 4.39 Å². The minimum Gasteiger partial charge on any atom is -0.394 e. The van der Waals surface area contributed by atoms with E-state index in [4.69, 9.17) is 5.11 Å². The van der Waals surface area contributed by atoms with E-state index in [2.05, 4.69) is 10.3 Å². The van der Waals surface area contributed by atoms with Gasteiger partial charge in [0, 0.05) is 44.2 Å². The summed E-state index contributed by atoms with van der Waals surface area (Å²) in [6, 6.07) is 7.34. The molecule has 1 aromatic carbocycles. The van der Waals surface area contributed by atoms with E-state index in [1.54, 1.807) is 24.1 Å². The predicted octanol–water partition coefficient (Wildman–Crippen LogP) is 3.40. The number of nitrogens with zero attached hydrogens (tertiary/aromatic N) is 2. The lowest BCUT2D eigenvalue weighted by molar-refractivity contribution is 0.0676. The van der Waals surface area contributed by atoms with E-state index in [9.17, 15) is 9.90 Å². The second-order valence-corrected chi connectivity index (χ2v) is 8.23. The number of aromatic nitrogens is 1. The molecule has 1 saturated heterocycles. The first-order valence-corrected chi connectivity index (χ1v) is 10.3. The van der Waals surface area contributed by atoms with Crippen molar-refractivity contribution in [1.29, 1.82) is 0 Å². The monoisotopic (exact) mass is 415 g/mol. The van der Waals surface area contributed by atoms with Gasteiger partial charge in [-0.2, -0.15) is 0 Å². The number of hydrogen-bond acceptors (Lipinski definition) is 4. The number of aryl methyl sites for hydroxylation is 3. The smallest absolute Gasteiger partial charge is 0.321 e. The molecule has 1 aliphatic heterocycles. The van der Waals surface area contributed by atoms with Crippen molar-refractivity contribution in [3.05, 3.63) is 58.4 Å². The summed E-state index contributed by atoms with van der Waals surface area (Å²) in [6.45, 7) is 6.10. The third kappa shape index (κ3) is 4.96. The summed E-state index contributed by atoms with van der Waals surface area (Å²) in [5.74, 6) is 0. The number of urea groups is 1. The number of pyridine rings is 1. The molecular formula is C23H30FN3O3. The molecule has 2 aromatic rings. The Morgan fingerprint density at radius 1 is 1.20 bits per heavy atom. The van der Waals surface area contributed by atoms with Gasteiger partial charge in [0.25, 0.3) is 0 Å². The summed E-state index contributed by atoms with van der Waals surface area (Å²) in [6.07, 6.45) is 1.34. The minimum absolute atomic E-state index is 0.180. The highest BCUT2D eigenvalue weighted by molar-refractivity contribution is 5.89. The number of hydrogen-bond donors (Lipinski definition) is 3. The number of alkyl halides is 1. The van der Waals surface area contributed by atoms with Crippen LogP contribution in [0.15, 0.2) is 30.5 Å².